The second-order valence-corrected chi connectivity index (χ2v) is 3.93. The van der Waals surface area contributed by atoms with Crippen molar-refractivity contribution in [3.05, 3.63) is 65.5 Å². The Hall–Kier alpha value is -2.56. The van der Waals surface area contributed by atoms with Crippen LogP contribution in [0.4, 0.5) is 4.39 Å². The Morgan fingerprint density at radius 2 is 1.95 bits per heavy atom. The van der Waals surface area contributed by atoms with E-state index in [0.717, 1.165) is 5.56 Å². The van der Waals surface area contributed by atoms with Crippen molar-refractivity contribution in [2.75, 3.05) is 0 Å². The molecule has 0 bridgehead atoms. The van der Waals surface area contributed by atoms with Crippen LogP contribution in [-0.4, -0.2) is 11.0 Å². The lowest BCUT2D eigenvalue weighted by molar-refractivity contribution is 0.305. The van der Waals surface area contributed by atoms with E-state index >= 15 is 0 Å². The molecule has 0 unspecified atom stereocenters. The quantitative estimate of drug-likeness (QED) is 0.384. The van der Waals surface area contributed by atoms with Gasteiger partial charge in [0, 0.05) is 5.56 Å². The summed E-state index contributed by atoms with van der Waals surface area (Å²) in [7, 11) is 0. The lowest BCUT2D eigenvalue weighted by Gasteiger charge is -2.07. The topological polar surface area (TPSA) is 67.8 Å². The molecule has 0 aliphatic heterocycles. The Bertz CT molecular complexity index is 582. The normalized spacial score (nSPS) is 11.3. The molecular weight excluding hydrogens is 247 g/mol. The number of nitrogens with zero attached hydrogens (tertiary/aromatic N) is 1. The van der Waals surface area contributed by atoms with Crippen LogP contribution in [0.15, 0.2) is 53.7 Å². The second-order valence-electron chi connectivity index (χ2n) is 3.93. The number of amidine groups is 1. The SMILES string of the molecule is N/C(=N\O)c1ccc(OCc2cccc(F)c2)cc1. The van der Waals surface area contributed by atoms with Crippen LogP contribution >= 0.6 is 0 Å². The van der Waals surface area contributed by atoms with Crippen molar-refractivity contribution in [2.24, 2.45) is 10.9 Å². The molecule has 0 saturated heterocycles. The third-order valence-corrected chi connectivity index (χ3v) is 2.55. The first-order valence-corrected chi connectivity index (χ1v) is 5.64. The Labute approximate surface area is 109 Å². The van der Waals surface area contributed by atoms with Crippen molar-refractivity contribution < 1.29 is 14.3 Å². The number of rotatable bonds is 4. The average Bonchev–Trinajstić information content (AvgIpc) is 2.45. The highest BCUT2D eigenvalue weighted by Crippen LogP contribution is 2.14. The van der Waals surface area contributed by atoms with Gasteiger partial charge in [-0.1, -0.05) is 17.3 Å². The minimum Gasteiger partial charge on any atom is -0.489 e. The summed E-state index contributed by atoms with van der Waals surface area (Å²) in [6.07, 6.45) is 0. The first-order chi connectivity index (χ1) is 9.19. The molecule has 0 fully saturated rings. The van der Waals surface area contributed by atoms with Crippen molar-refractivity contribution in [3.8, 4) is 5.75 Å². The van der Waals surface area contributed by atoms with Gasteiger partial charge in [-0.2, -0.15) is 0 Å². The van der Waals surface area contributed by atoms with E-state index < -0.39 is 0 Å². The summed E-state index contributed by atoms with van der Waals surface area (Å²) in [4.78, 5) is 0. The van der Waals surface area contributed by atoms with Crippen LogP contribution in [0.25, 0.3) is 0 Å². The van der Waals surface area contributed by atoms with E-state index in [9.17, 15) is 4.39 Å². The predicted octanol–water partition coefficient (Wildman–Crippen LogP) is 2.50. The van der Waals surface area contributed by atoms with Gasteiger partial charge in [0.2, 0.25) is 0 Å². The Kier molecular flexibility index (Phi) is 3.97. The van der Waals surface area contributed by atoms with Gasteiger partial charge in [0.05, 0.1) is 0 Å². The molecule has 0 radical (unpaired) electrons. The lowest BCUT2D eigenvalue weighted by atomic mass is 10.2. The zero-order valence-electron chi connectivity index (χ0n) is 10.1. The molecular formula is C14H13FN2O2. The van der Waals surface area contributed by atoms with Crippen molar-refractivity contribution >= 4 is 5.84 Å². The molecule has 0 aromatic heterocycles. The predicted molar refractivity (Wildman–Crippen MR) is 69.7 cm³/mol. The van der Waals surface area contributed by atoms with Crippen LogP contribution in [0.5, 0.6) is 5.75 Å². The second kappa shape index (κ2) is 5.86. The standard InChI is InChI=1S/C14H13FN2O2/c15-12-3-1-2-10(8-12)9-19-13-6-4-11(5-7-13)14(16)17-18/h1-8,18H,9H2,(H2,16,17). The van der Waals surface area contributed by atoms with Gasteiger partial charge in [0.15, 0.2) is 5.84 Å². The van der Waals surface area contributed by atoms with E-state index in [2.05, 4.69) is 5.16 Å². The maximum absolute atomic E-state index is 13.0. The zero-order valence-corrected chi connectivity index (χ0v) is 10.1. The molecule has 0 aliphatic carbocycles. The van der Waals surface area contributed by atoms with E-state index in [1.807, 2.05) is 0 Å². The Morgan fingerprint density at radius 1 is 1.21 bits per heavy atom. The molecule has 0 atom stereocenters. The fourth-order valence-corrected chi connectivity index (χ4v) is 1.57. The maximum Gasteiger partial charge on any atom is 0.170 e. The molecule has 0 heterocycles. The van der Waals surface area contributed by atoms with E-state index in [4.69, 9.17) is 15.7 Å². The zero-order chi connectivity index (χ0) is 13.7. The van der Waals surface area contributed by atoms with Gasteiger partial charge in [-0.15, -0.1) is 0 Å². The van der Waals surface area contributed by atoms with E-state index in [0.29, 0.717) is 11.3 Å². The third-order valence-electron chi connectivity index (χ3n) is 2.55. The monoisotopic (exact) mass is 260 g/mol. The summed E-state index contributed by atoms with van der Waals surface area (Å²) >= 11 is 0. The highest BCUT2D eigenvalue weighted by Gasteiger charge is 2.01. The van der Waals surface area contributed by atoms with E-state index in [1.165, 1.54) is 12.1 Å². The summed E-state index contributed by atoms with van der Waals surface area (Å²) in [6, 6.07) is 13.0. The van der Waals surface area contributed by atoms with E-state index in [1.54, 1.807) is 36.4 Å². The molecule has 3 N–H and O–H groups in total. The summed E-state index contributed by atoms with van der Waals surface area (Å²) in [5.74, 6) is 0.374. The van der Waals surface area contributed by atoms with Gasteiger partial charge < -0.3 is 15.7 Å². The number of benzene rings is 2. The summed E-state index contributed by atoms with van der Waals surface area (Å²) in [6.45, 7) is 0.278. The summed E-state index contributed by atoms with van der Waals surface area (Å²) in [5.41, 5.74) is 6.79. The van der Waals surface area contributed by atoms with Crippen molar-refractivity contribution in [2.45, 2.75) is 6.61 Å². The van der Waals surface area contributed by atoms with Gasteiger partial charge in [0.1, 0.15) is 18.2 Å². The van der Waals surface area contributed by atoms with Gasteiger partial charge in [0.25, 0.3) is 0 Å². The van der Waals surface area contributed by atoms with Crippen LogP contribution in [-0.2, 0) is 6.61 Å². The molecule has 0 spiro atoms. The number of hydrogen-bond acceptors (Lipinski definition) is 3. The van der Waals surface area contributed by atoms with Gasteiger partial charge >= 0.3 is 0 Å². The van der Waals surface area contributed by atoms with Crippen LogP contribution in [0, 0.1) is 5.82 Å². The largest absolute Gasteiger partial charge is 0.489 e. The summed E-state index contributed by atoms with van der Waals surface area (Å²) in [5, 5.41) is 11.4. The molecule has 2 aromatic rings. The van der Waals surface area contributed by atoms with Gasteiger partial charge in [-0.3, -0.25) is 0 Å². The van der Waals surface area contributed by atoms with Crippen LogP contribution in [0.1, 0.15) is 11.1 Å². The Morgan fingerprint density at radius 3 is 2.58 bits per heavy atom. The lowest BCUT2D eigenvalue weighted by Crippen LogP contribution is -2.12. The van der Waals surface area contributed by atoms with Crippen molar-refractivity contribution in [3.63, 3.8) is 0 Å². The molecule has 0 saturated carbocycles. The molecule has 2 aromatic carbocycles. The van der Waals surface area contributed by atoms with Crippen LogP contribution in [0.3, 0.4) is 0 Å². The average molecular weight is 260 g/mol. The highest BCUT2D eigenvalue weighted by atomic mass is 19.1. The molecule has 0 amide bonds. The first-order valence-electron chi connectivity index (χ1n) is 5.64. The van der Waals surface area contributed by atoms with Gasteiger partial charge in [-0.05, 0) is 42.0 Å². The fourth-order valence-electron chi connectivity index (χ4n) is 1.57. The number of ether oxygens (including phenoxy) is 1. The number of halogens is 1. The number of nitrogens with two attached hydrogens (primary N) is 1. The molecule has 19 heavy (non-hydrogen) atoms. The van der Waals surface area contributed by atoms with Gasteiger partial charge in [-0.25, -0.2) is 4.39 Å². The summed E-state index contributed by atoms with van der Waals surface area (Å²) < 4.78 is 18.5. The molecule has 4 nitrogen and oxygen atoms in total. The minimum atomic E-state index is -0.289. The Balaban J connectivity index is 2.00. The highest BCUT2D eigenvalue weighted by molar-refractivity contribution is 5.97. The number of oxime groups is 1. The molecule has 2 rings (SSSR count). The third kappa shape index (κ3) is 3.45. The molecule has 98 valence electrons. The fraction of sp³-hybridized carbons (Fsp3) is 0.0714. The van der Waals surface area contributed by atoms with Crippen molar-refractivity contribution in [1.82, 2.24) is 0 Å². The molecule has 5 heteroatoms. The molecule has 0 aliphatic rings. The van der Waals surface area contributed by atoms with Crippen LogP contribution in [0.2, 0.25) is 0 Å². The first kappa shape index (κ1) is 12.9. The maximum atomic E-state index is 13.0. The number of hydrogen-bond donors (Lipinski definition) is 2. The van der Waals surface area contributed by atoms with Crippen molar-refractivity contribution in [1.29, 1.82) is 0 Å². The van der Waals surface area contributed by atoms with Crippen LogP contribution < -0.4 is 10.5 Å². The van der Waals surface area contributed by atoms with E-state index in [-0.39, 0.29) is 18.3 Å². The smallest absolute Gasteiger partial charge is 0.170 e. The minimum absolute atomic E-state index is 0.0386.